The van der Waals surface area contributed by atoms with Crippen molar-refractivity contribution in [1.82, 2.24) is 4.90 Å². The Kier molecular flexibility index (Phi) is 6.67. The standard InChI is InChI=1S/C16H20ClNO5/c17-13-4-1-2-5-14(13)23-8-3-6-15(19)18-7-9-22-12(11-18)10-16(20)21/h1-2,4-5,12H,3,6-11H2,(H,20,21)/t12-/m0/s1. The molecule has 1 aliphatic heterocycles. The summed E-state index contributed by atoms with van der Waals surface area (Å²) in [5.74, 6) is -0.321. The highest BCUT2D eigenvalue weighted by Gasteiger charge is 2.25. The lowest BCUT2D eigenvalue weighted by Crippen LogP contribution is -2.46. The van der Waals surface area contributed by atoms with Crippen LogP contribution in [0.5, 0.6) is 5.75 Å². The molecule has 1 saturated heterocycles. The third kappa shape index (κ3) is 5.73. The van der Waals surface area contributed by atoms with E-state index in [0.717, 1.165) is 0 Å². The van der Waals surface area contributed by atoms with Crippen LogP contribution < -0.4 is 4.74 Å². The average molecular weight is 342 g/mol. The minimum Gasteiger partial charge on any atom is -0.492 e. The van der Waals surface area contributed by atoms with Gasteiger partial charge in [-0.3, -0.25) is 9.59 Å². The Bertz CT molecular complexity index is 551. The fraction of sp³-hybridized carbons (Fsp3) is 0.500. The molecule has 6 nitrogen and oxygen atoms in total. The number of halogens is 1. The molecule has 1 N–H and O–H groups in total. The van der Waals surface area contributed by atoms with Crippen molar-refractivity contribution >= 4 is 23.5 Å². The molecular formula is C16H20ClNO5. The van der Waals surface area contributed by atoms with Gasteiger partial charge in [0.05, 0.1) is 30.8 Å². The third-order valence-electron chi connectivity index (χ3n) is 3.52. The van der Waals surface area contributed by atoms with Gasteiger partial charge < -0.3 is 19.5 Å². The van der Waals surface area contributed by atoms with Gasteiger partial charge in [0.25, 0.3) is 0 Å². The lowest BCUT2D eigenvalue weighted by atomic mass is 10.2. The summed E-state index contributed by atoms with van der Waals surface area (Å²) in [4.78, 5) is 24.5. The zero-order valence-electron chi connectivity index (χ0n) is 12.7. The molecule has 0 spiro atoms. The van der Waals surface area contributed by atoms with Gasteiger partial charge >= 0.3 is 5.97 Å². The van der Waals surface area contributed by atoms with E-state index >= 15 is 0 Å². The molecule has 0 unspecified atom stereocenters. The molecule has 1 atom stereocenters. The number of carboxylic acids is 1. The van der Waals surface area contributed by atoms with Crippen molar-refractivity contribution in [2.75, 3.05) is 26.3 Å². The first kappa shape index (κ1) is 17.6. The summed E-state index contributed by atoms with van der Waals surface area (Å²) in [5.41, 5.74) is 0. The molecule has 1 aromatic rings. The number of benzene rings is 1. The molecule has 0 bridgehead atoms. The molecular weight excluding hydrogens is 322 g/mol. The zero-order valence-corrected chi connectivity index (χ0v) is 13.5. The first-order valence-electron chi connectivity index (χ1n) is 7.55. The minimum absolute atomic E-state index is 0.00792. The van der Waals surface area contributed by atoms with Gasteiger partial charge in [-0.2, -0.15) is 0 Å². The Morgan fingerprint density at radius 1 is 1.39 bits per heavy atom. The second kappa shape index (κ2) is 8.74. The SMILES string of the molecule is O=C(O)C[C@H]1CN(C(=O)CCCOc2ccccc2Cl)CCO1. The van der Waals surface area contributed by atoms with Crippen LogP contribution in [0.2, 0.25) is 5.02 Å². The van der Waals surface area contributed by atoms with Gasteiger partial charge in [-0.25, -0.2) is 0 Å². The van der Waals surface area contributed by atoms with Gasteiger partial charge in [-0.15, -0.1) is 0 Å². The number of hydrogen-bond acceptors (Lipinski definition) is 4. The van der Waals surface area contributed by atoms with E-state index in [2.05, 4.69) is 0 Å². The zero-order chi connectivity index (χ0) is 16.7. The van der Waals surface area contributed by atoms with Crippen LogP contribution in [0.1, 0.15) is 19.3 Å². The molecule has 0 aliphatic carbocycles. The molecule has 2 rings (SSSR count). The Hall–Kier alpha value is -1.79. The molecule has 1 heterocycles. The molecule has 0 aromatic heterocycles. The predicted octanol–water partition coefficient (Wildman–Crippen LogP) is 2.20. The molecule has 1 aromatic carbocycles. The van der Waals surface area contributed by atoms with E-state index in [1.807, 2.05) is 12.1 Å². The maximum absolute atomic E-state index is 12.1. The van der Waals surface area contributed by atoms with Crippen LogP contribution in [0.15, 0.2) is 24.3 Å². The number of hydrogen-bond donors (Lipinski definition) is 1. The Labute approximate surface area is 139 Å². The van der Waals surface area contributed by atoms with Crippen LogP contribution in [0.4, 0.5) is 0 Å². The highest BCUT2D eigenvalue weighted by molar-refractivity contribution is 6.32. The second-order valence-electron chi connectivity index (χ2n) is 5.31. The first-order chi connectivity index (χ1) is 11.1. The van der Waals surface area contributed by atoms with E-state index in [9.17, 15) is 9.59 Å². The summed E-state index contributed by atoms with van der Waals surface area (Å²) in [7, 11) is 0. The van der Waals surface area contributed by atoms with E-state index < -0.39 is 12.1 Å². The van der Waals surface area contributed by atoms with Crippen LogP contribution in [-0.4, -0.2) is 54.3 Å². The van der Waals surface area contributed by atoms with Crippen molar-refractivity contribution in [1.29, 1.82) is 0 Å². The van der Waals surface area contributed by atoms with Crippen LogP contribution >= 0.6 is 11.6 Å². The number of aliphatic carboxylic acids is 1. The summed E-state index contributed by atoms with van der Waals surface area (Å²) in [5, 5.41) is 9.33. The van der Waals surface area contributed by atoms with Crippen molar-refractivity contribution in [2.45, 2.75) is 25.4 Å². The van der Waals surface area contributed by atoms with E-state index in [1.165, 1.54) is 0 Å². The molecule has 1 amide bonds. The van der Waals surface area contributed by atoms with Crippen molar-refractivity contribution in [2.24, 2.45) is 0 Å². The number of rotatable bonds is 7. The first-order valence-corrected chi connectivity index (χ1v) is 7.92. The highest BCUT2D eigenvalue weighted by atomic mass is 35.5. The minimum atomic E-state index is -0.919. The Morgan fingerprint density at radius 2 is 2.17 bits per heavy atom. The summed E-state index contributed by atoms with van der Waals surface area (Å²) in [6.07, 6.45) is 0.416. The van der Waals surface area contributed by atoms with Crippen LogP contribution in [0.3, 0.4) is 0 Å². The van der Waals surface area contributed by atoms with Gasteiger partial charge in [0.2, 0.25) is 5.91 Å². The van der Waals surface area contributed by atoms with Crippen LogP contribution in [0.25, 0.3) is 0 Å². The number of morpholine rings is 1. The number of amides is 1. The van der Waals surface area contributed by atoms with Gasteiger partial charge in [0, 0.05) is 19.5 Å². The van der Waals surface area contributed by atoms with Crippen molar-refractivity contribution in [3.05, 3.63) is 29.3 Å². The fourth-order valence-corrected chi connectivity index (χ4v) is 2.58. The average Bonchev–Trinajstić information content (AvgIpc) is 2.52. The maximum Gasteiger partial charge on any atom is 0.306 e. The number of carboxylic acid groups (broad SMARTS) is 1. The lowest BCUT2D eigenvalue weighted by molar-refractivity contribution is -0.147. The normalized spacial score (nSPS) is 17.8. The van der Waals surface area contributed by atoms with Crippen LogP contribution in [-0.2, 0) is 14.3 Å². The summed E-state index contributed by atoms with van der Waals surface area (Å²) < 4.78 is 10.9. The molecule has 0 saturated carbocycles. The topological polar surface area (TPSA) is 76.1 Å². The number of nitrogens with zero attached hydrogens (tertiary/aromatic N) is 1. The summed E-state index contributed by atoms with van der Waals surface area (Å²) in [6.45, 7) is 1.61. The van der Waals surface area contributed by atoms with Gasteiger partial charge in [0.1, 0.15) is 5.75 Å². The van der Waals surface area contributed by atoms with Gasteiger partial charge in [-0.05, 0) is 18.6 Å². The smallest absolute Gasteiger partial charge is 0.306 e. The molecule has 1 fully saturated rings. The largest absolute Gasteiger partial charge is 0.492 e. The monoisotopic (exact) mass is 341 g/mol. The quantitative estimate of drug-likeness (QED) is 0.769. The number of para-hydroxylation sites is 1. The van der Waals surface area contributed by atoms with E-state index in [-0.39, 0.29) is 12.3 Å². The van der Waals surface area contributed by atoms with Gasteiger partial charge in [0.15, 0.2) is 0 Å². The maximum atomic E-state index is 12.1. The van der Waals surface area contributed by atoms with Crippen molar-refractivity contribution < 1.29 is 24.2 Å². The molecule has 126 valence electrons. The third-order valence-corrected chi connectivity index (χ3v) is 3.84. The number of carbonyl (C=O) groups is 2. The fourth-order valence-electron chi connectivity index (χ4n) is 2.39. The number of ether oxygens (including phenoxy) is 2. The van der Waals surface area contributed by atoms with E-state index in [0.29, 0.717) is 49.9 Å². The Balaban J connectivity index is 1.70. The molecule has 1 aliphatic rings. The second-order valence-corrected chi connectivity index (χ2v) is 5.72. The molecule has 7 heteroatoms. The summed E-state index contributed by atoms with van der Waals surface area (Å²) >= 11 is 5.98. The number of carbonyl (C=O) groups excluding carboxylic acids is 1. The molecule has 0 radical (unpaired) electrons. The summed E-state index contributed by atoms with van der Waals surface area (Å²) in [6, 6.07) is 7.19. The van der Waals surface area contributed by atoms with Crippen LogP contribution in [0, 0.1) is 0 Å². The lowest BCUT2D eigenvalue weighted by Gasteiger charge is -2.32. The predicted molar refractivity (Wildman–Crippen MR) is 84.8 cm³/mol. The van der Waals surface area contributed by atoms with Crippen molar-refractivity contribution in [3.63, 3.8) is 0 Å². The molecule has 23 heavy (non-hydrogen) atoms. The Morgan fingerprint density at radius 3 is 2.91 bits per heavy atom. The van der Waals surface area contributed by atoms with E-state index in [4.69, 9.17) is 26.2 Å². The van der Waals surface area contributed by atoms with Crippen molar-refractivity contribution in [3.8, 4) is 5.75 Å². The van der Waals surface area contributed by atoms with Gasteiger partial charge in [-0.1, -0.05) is 23.7 Å². The van der Waals surface area contributed by atoms with E-state index in [1.54, 1.807) is 17.0 Å². The highest BCUT2D eigenvalue weighted by Crippen LogP contribution is 2.23.